The number of rotatable bonds is 3. The van der Waals surface area contributed by atoms with E-state index in [1.807, 2.05) is 49.6 Å². The van der Waals surface area contributed by atoms with E-state index in [2.05, 4.69) is 102 Å². The number of nitrogens with zero attached hydrogens (tertiary/aromatic N) is 6. The lowest BCUT2D eigenvalue weighted by Gasteiger charge is -2.12. The summed E-state index contributed by atoms with van der Waals surface area (Å²) in [6.45, 7) is 0. The molecule has 6 nitrogen and oxygen atoms in total. The second-order valence-electron chi connectivity index (χ2n) is 9.34. The van der Waals surface area contributed by atoms with E-state index in [-0.39, 0.29) is 0 Å². The first-order valence-corrected chi connectivity index (χ1v) is 12.4. The maximum atomic E-state index is 4.36. The van der Waals surface area contributed by atoms with Gasteiger partial charge in [0.2, 0.25) is 0 Å². The lowest BCUT2D eigenvalue weighted by atomic mass is 10.0. The van der Waals surface area contributed by atoms with Crippen molar-refractivity contribution in [3.63, 3.8) is 0 Å². The number of aromatic nitrogens is 6. The minimum absolute atomic E-state index is 1.10. The smallest absolute Gasteiger partial charge is 0.0572 e. The van der Waals surface area contributed by atoms with Crippen molar-refractivity contribution in [2.75, 3.05) is 0 Å². The molecule has 6 heteroatoms. The van der Waals surface area contributed by atoms with Crippen molar-refractivity contribution in [1.29, 1.82) is 0 Å². The van der Waals surface area contributed by atoms with E-state index in [9.17, 15) is 0 Å². The summed E-state index contributed by atoms with van der Waals surface area (Å²) in [5.74, 6) is 0. The summed E-state index contributed by atoms with van der Waals surface area (Å²) < 4.78 is 4.57. The third-order valence-electron chi connectivity index (χ3n) is 7.28. The highest BCUT2D eigenvalue weighted by molar-refractivity contribution is 6.09. The normalized spacial score (nSPS) is 11.7. The Morgan fingerprint density at radius 2 is 0.737 bits per heavy atom. The van der Waals surface area contributed by atoms with E-state index in [4.69, 9.17) is 0 Å². The Kier molecular flexibility index (Phi) is 4.42. The second kappa shape index (κ2) is 8.08. The first-order valence-electron chi connectivity index (χ1n) is 12.4. The van der Waals surface area contributed by atoms with E-state index in [0.29, 0.717) is 0 Å². The van der Waals surface area contributed by atoms with Gasteiger partial charge < -0.3 is 9.13 Å². The molecule has 8 aromatic rings. The van der Waals surface area contributed by atoms with Crippen molar-refractivity contribution in [2.45, 2.75) is 0 Å². The topological polar surface area (TPSA) is 61.4 Å². The molecule has 0 aliphatic rings. The molecular weight excluding hydrogens is 468 g/mol. The first-order chi connectivity index (χ1) is 18.9. The van der Waals surface area contributed by atoms with Gasteiger partial charge in [-0.2, -0.15) is 0 Å². The summed E-state index contributed by atoms with van der Waals surface area (Å²) in [6.07, 6.45) is 15.0. The molecule has 0 amide bonds. The lowest BCUT2D eigenvalue weighted by Crippen LogP contribution is -1.96. The van der Waals surface area contributed by atoms with E-state index in [1.165, 1.54) is 0 Å². The summed E-state index contributed by atoms with van der Waals surface area (Å²) >= 11 is 0. The molecule has 0 saturated heterocycles. The van der Waals surface area contributed by atoms with Gasteiger partial charge in [-0.1, -0.05) is 24.3 Å². The minimum Gasteiger partial charge on any atom is -0.309 e. The zero-order valence-electron chi connectivity index (χ0n) is 20.2. The van der Waals surface area contributed by atoms with Crippen molar-refractivity contribution in [1.82, 2.24) is 29.1 Å². The summed E-state index contributed by atoms with van der Waals surface area (Å²) in [5, 5.41) is 4.38. The van der Waals surface area contributed by atoms with Crippen LogP contribution in [0.1, 0.15) is 0 Å². The minimum atomic E-state index is 1.10. The Labute approximate surface area is 217 Å². The molecule has 0 radical (unpaired) electrons. The third-order valence-corrected chi connectivity index (χ3v) is 7.28. The Bertz CT molecular complexity index is 1890. The molecule has 6 heterocycles. The molecule has 6 aromatic heterocycles. The average molecular weight is 489 g/mol. The van der Waals surface area contributed by atoms with Gasteiger partial charge in [0.15, 0.2) is 0 Å². The molecule has 0 aliphatic carbocycles. The number of fused-ring (bicyclic) bond motifs is 6. The van der Waals surface area contributed by atoms with Gasteiger partial charge >= 0.3 is 0 Å². The Morgan fingerprint density at radius 3 is 1.08 bits per heavy atom. The van der Waals surface area contributed by atoms with Crippen LogP contribution in [0.25, 0.3) is 66.1 Å². The molecule has 0 N–H and O–H groups in total. The molecule has 0 saturated carbocycles. The van der Waals surface area contributed by atoms with Crippen molar-refractivity contribution < 1.29 is 0 Å². The van der Waals surface area contributed by atoms with Gasteiger partial charge in [-0.25, -0.2) is 0 Å². The van der Waals surface area contributed by atoms with Crippen LogP contribution < -0.4 is 0 Å². The average Bonchev–Trinajstić information content (AvgIpc) is 3.51. The summed E-state index contributed by atoms with van der Waals surface area (Å²) in [4.78, 5) is 17.4. The Hall–Kier alpha value is -5.36. The summed E-state index contributed by atoms with van der Waals surface area (Å²) in [7, 11) is 0. The molecule has 0 aliphatic heterocycles. The second-order valence-corrected chi connectivity index (χ2v) is 9.34. The number of hydrogen-bond donors (Lipinski definition) is 0. The highest BCUT2D eigenvalue weighted by atomic mass is 15.0. The third kappa shape index (κ3) is 3.01. The van der Waals surface area contributed by atoms with Crippen molar-refractivity contribution in [2.24, 2.45) is 0 Å². The van der Waals surface area contributed by atoms with E-state index < -0.39 is 0 Å². The first kappa shape index (κ1) is 20.8. The molecule has 0 unspecified atom stereocenters. The molecule has 178 valence electrons. The molecule has 0 atom stereocenters. The van der Waals surface area contributed by atoms with Crippen LogP contribution in [-0.2, 0) is 0 Å². The van der Waals surface area contributed by atoms with Gasteiger partial charge in [-0.05, 0) is 59.7 Å². The van der Waals surface area contributed by atoms with Gasteiger partial charge in [-0.3, -0.25) is 19.9 Å². The van der Waals surface area contributed by atoms with Crippen molar-refractivity contribution in [3.05, 3.63) is 122 Å². The molecule has 0 bridgehead atoms. The predicted octanol–water partition coefficient (Wildman–Crippen LogP) is 7.13. The zero-order chi connectivity index (χ0) is 25.1. The molecule has 0 spiro atoms. The Balaban J connectivity index is 1.32. The van der Waals surface area contributed by atoms with Crippen LogP contribution in [-0.4, -0.2) is 29.1 Å². The van der Waals surface area contributed by atoms with Crippen LogP contribution in [0.2, 0.25) is 0 Å². The lowest BCUT2D eigenvalue weighted by molar-refractivity contribution is 1.16. The number of pyridine rings is 4. The van der Waals surface area contributed by atoms with Crippen LogP contribution in [0.3, 0.4) is 0 Å². The molecular formula is C32H20N6. The van der Waals surface area contributed by atoms with Crippen LogP contribution in [0.5, 0.6) is 0 Å². The fourth-order valence-electron chi connectivity index (χ4n) is 5.62. The van der Waals surface area contributed by atoms with Gasteiger partial charge in [-0.15, -0.1) is 0 Å². The van der Waals surface area contributed by atoms with Crippen molar-refractivity contribution >= 4 is 43.6 Å². The largest absolute Gasteiger partial charge is 0.309 e. The van der Waals surface area contributed by atoms with Crippen LogP contribution in [0.15, 0.2) is 122 Å². The SMILES string of the molecule is c1cc(-c2cccc(-n3c4ccncc4c4cnccc43)c2)cc(-n2c3ccncc3c3cnccc32)c1. The van der Waals surface area contributed by atoms with E-state index in [1.54, 1.807) is 0 Å². The Morgan fingerprint density at radius 1 is 0.395 bits per heavy atom. The summed E-state index contributed by atoms with van der Waals surface area (Å²) in [5.41, 5.74) is 8.93. The fourth-order valence-corrected chi connectivity index (χ4v) is 5.62. The van der Waals surface area contributed by atoms with Gasteiger partial charge in [0.05, 0.1) is 22.1 Å². The molecule has 0 fully saturated rings. The van der Waals surface area contributed by atoms with Crippen molar-refractivity contribution in [3.8, 4) is 22.5 Å². The predicted molar refractivity (Wildman–Crippen MR) is 152 cm³/mol. The van der Waals surface area contributed by atoms with E-state index in [0.717, 1.165) is 66.1 Å². The zero-order valence-corrected chi connectivity index (χ0v) is 20.2. The standard InChI is InChI=1S/C32H20N6/c1-3-21(15-23(5-1)37-29-7-11-33-17-25(29)26-18-34-12-8-30(26)37)22-4-2-6-24(16-22)38-31-9-13-35-19-27(31)28-20-36-14-10-32(28)38/h1-20H. The highest BCUT2D eigenvalue weighted by Gasteiger charge is 2.15. The molecule has 8 rings (SSSR count). The highest BCUT2D eigenvalue weighted by Crippen LogP contribution is 2.34. The maximum absolute atomic E-state index is 4.36. The molecule has 38 heavy (non-hydrogen) atoms. The van der Waals surface area contributed by atoms with E-state index >= 15 is 0 Å². The van der Waals surface area contributed by atoms with Crippen LogP contribution in [0.4, 0.5) is 0 Å². The molecule has 2 aromatic carbocycles. The quantitative estimate of drug-likeness (QED) is 0.265. The maximum Gasteiger partial charge on any atom is 0.0572 e. The van der Waals surface area contributed by atoms with Gasteiger partial charge in [0.25, 0.3) is 0 Å². The fraction of sp³-hybridized carbons (Fsp3) is 0. The summed E-state index contributed by atoms with van der Waals surface area (Å²) in [6, 6.07) is 25.6. The number of hydrogen-bond acceptors (Lipinski definition) is 4. The van der Waals surface area contributed by atoms with Crippen LogP contribution >= 0.6 is 0 Å². The van der Waals surface area contributed by atoms with Gasteiger partial charge in [0, 0.05) is 82.5 Å². The van der Waals surface area contributed by atoms with Crippen LogP contribution in [0, 0.1) is 0 Å². The number of benzene rings is 2. The monoisotopic (exact) mass is 488 g/mol. The van der Waals surface area contributed by atoms with Gasteiger partial charge in [0.1, 0.15) is 0 Å².